The van der Waals surface area contributed by atoms with E-state index < -0.39 is 6.03 Å². The molecule has 10 nitrogen and oxygen atoms in total. The summed E-state index contributed by atoms with van der Waals surface area (Å²) in [5, 5.41) is 16.7. The molecule has 0 aliphatic rings. The van der Waals surface area contributed by atoms with Crippen LogP contribution in [-0.2, 0) is 14.4 Å². The van der Waals surface area contributed by atoms with Gasteiger partial charge in [-0.1, -0.05) is 27.7 Å². The number of carbonyl (C=O) groups is 4. The Kier molecular flexibility index (Phi) is 24.2. The van der Waals surface area contributed by atoms with E-state index in [1.165, 1.54) is 9.80 Å². The van der Waals surface area contributed by atoms with Crippen molar-refractivity contribution in [3.05, 3.63) is 12.2 Å². The molecule has 4 amide bonds. The van der Waals surface area contributed by atoms with Gasteiger partial charge in [0.1, 0.15) is 6.29 Å². The fourth-order valence-electron chi connectivity index (χ4n) is 1.91. The van der Waals surface area contributed by atoms with Gasteiger partial charge in [0.25, 0.3) is 0 Å². The normalized spacial score (nSPS) is 10.2. The van der Waals surface area contributed by atoms with Crippen molar-refractivity contribution in [2.75, 3.05) is 54.0 Å². The fourth-order valence-corrected chi connectivity index (χ4v) is 1.91. The molecular weight excluding hydrogens is 428 g/mol. The summed E-state index contributed by atoms with van der Waals surface area (Å²) < 4.78 is 0. The van der Waals surface area contributed by atoms with E-state index >= 15 is 0 Å². The molecule has 10 heteroatoms. The number of allylic oxidation sites excluding steroid dienone is 1. The summed E-state index contributed by atoms with van der Waals surface area (Å²) in [6.07, 6.45) is 5.20. The molecule has 0 unspecified atom stereocenters. The van der Waals surface area contributed by atoms with Crippen molar-refractivity contribution < 1.29 is 29.4 Å². The van der Waals surface area contributed by atoms with Crippen LogP contribution in [0.25, 0.3) is 0 Å². The van der Waals surface area contributed by atoms with Gasteiger partial charge >= 0.3 is 6.03 Å². The van der Waals surface area contributed by atoms with Gasteiger partial charge in [0.05, 0.1) is 6.61 Å². The third-order valence-corrected chi connectivity index (χ3v) is 4.34. The van der Waals surface area contributed by atoms with E-state index in [2.05, 4.69) is 27.7 Å². The summed E-state index contributed by atoms with van der Waals surface area (Å²) >= 11 is 0. The van der Waals surface area contributed by atoms with E-state index in [0.29, 0.717) is 44.2 Å². The SMILES string of the molecule is CC(C)CCC(=O)N(C)CCN(C)C(N)=O.CC(C)CCO.CN(CCO)C(=O)/C=C\C=O. The topological polar surface area (TPSA) is 144 Å². The lowest BCUT2D eigenvalue weighted by atomic mass is 10.1. The van der Waals surface area contributed by atoms with Crippen LogP contribution in [0.2, 0.25) is 0 Å². The molecule has 0 bridgehead atoms. The zero-order chi connectivity index (χ0) is 26.4. The molecule has 33 heavy (non-hydrogen) atoms. The molecule has 0 aromatic heterocycles. The summed E-state index contributed by atoms with van der Waals surface area (Å²) in [6, 6.07) is -0.469. The van der Waals surface area contributed by atoms with E-state index in [4.69, 9.17) is 15.9 Å². The zero-order valence-electron chi connectivity index (χ0n) is 21.5. The lowest BCUT2D eigenvalue weighted by molar-refractivity contribution is -0.130. The molecule has 0 spiro atoms. The molecule has 0 saturated heterocycles. The van der Waals surface area contributed by atoms with Crippen molar-refractivity contribution in [3.8, 4) is 0 Å². The number of nitrogens with two attached hydrogens (primary N) is 1. The number of amides is 4. The van der Waals surface area contributed by atoms with Gasteiger partial charge in [-0.3, -0.25) is 14.4 Å². The predicted molar refractivity (Wildman–Crippen MR) is 130 cm³/mol. The van der Waals surface area contributed by atoms with Gasteiger partial charge in [-0.15, -0.1) is 0 Å². The largest absolute Gasteiger partial charge is 0.396 e. The average molecular weight is 475 g/mol. The van der Waals surface area contributed by atoms with Crippen LogP contribution in [0, 0.1) is 11.8 Å². The minimum atomic E-state index is -0.469. The number of aliphatic hydroxyl groups excluding tert-OH is 2. The first-order valence-corrected chi connectivity index (χ1v) is 11.2. The molecule has 4 N–H and O–H groups in total. The standard InChI is InChI=1S/C11H23N3O2.C7H11NO3.C5H12O/c1-9(2)5-6-10(15)13(3)7-8-14(4)11(12)16;1-8(4-6-10)7(11)3-2-5-9;1-5(2)3-4-6/h9H,5-8H2,1-4H3,(H2,12,16);2-3,5,10H,4,6H2,1H3;5-6H,3-4H2,1-2H3/b;3-2-;. The maximum absolute atomic E-state index is 11.6. The Hall–Kier alpha value is -2.46. The molecule has 0 saturated carbocycles. The number of aliphatic hydroxyl groups is 2. The van der Waals surface area contributed by atoms with Crippen LogP contribution in [0.15, 0.2) is 12.2 Å². The summed E-state index contributed by atoms with van der Waals surface area (Å²) in [5.41, 5.74) is 5.08. The number of carbonyl (C=O) groups excluding carboxylic acids is 4. The summed E-state index contributed by atoms with van der Waals surface area (Å²) in [7, 11) is 4.92. The van der Waals surface area contributed by atoms with Crippen molar-refractivity contribution >= 4 is 24.1 Å². The number of hydrogen-bond donors (Lipinski definition) is 3. The van der Waals surface area contributed by atoms with Crippen LogP contribution in [0.3, 0.4) is 0 Å². The Morgan fingerprint density at radius 1 is 0.818 bits per heavy atom. The highest BCUT2D eigenvalue weighted by Crippen LogP contribution is 2.05. The number of aldehydes is 1. The lowest BCUT2D eigenvalue weighted by Gasteiger charge is -2.21. The minimum absolute atomic E-state index is 0.0723. The third kappa shape index (κ3) is 25.7. The maximum atomic E-state index is 11.6. The number of likely N-dealkylation sites (N-methyl/N-ethyl adjacent to an activating group) is 3. The molecule has 0 aliphatic carbocycles. The molecule has 0 radical (unpaired) electrons. The summed E-state index contributed by atoms with van der Waals surface area (Å²) in [5.74, 6) is 1.01. The van der Waals surface area contributed by atoms with Gasteiger partial charge in [0.2, 0.25) is 11.8 Å². The van der Waals surface area contributed by atoms with Gasteiger partial charge in [0, 0.05) is 59.9 Å². The number of primary amides is 1. The minimum Gasteiger partial charge on any atom is -0.396 e. The Labute approximate surface area is 199 Å². The second kappa shape index (κ2) is 22.7. The average Bonchev–Trinajstić information content (AvgIpc) is 2.74. The Morgan fingerprint density at radius 3 is 1.70 bits per heavy atom. The van der Waals surface area contributed by atoms with Crippen molar-refractivity contribution in [2.45, 2.75) is 47.0 Å². The summed E-state index contributed by atoms with van der Waals surface area (Å²) in [4.78, 5) is 47.4. The van der Waals surface area contributed by atoms with Crippen LogP contribution in [0.4, 0.5) is 4.79 Å². The van der Waals surface area contributed by atoms with Crippen molar-refractivity contribution in [3.63, 3.8) is 0 Å². The molecule has 0 aromatic rings. The monoisotopic (exact) mass is 474 g/mol. The van der Waals surface area contributed by atoms with E-state index in [0.717, 1.165) is 25.0 Å². The molecular formula is C23H46N4O6. The highest BCUT2D eigenvalue weighted by Gasteiger charge is 2.11. The molecule has 0 atom stereocenters. The van der Waals surface area contributed by atoms with Gasteiger partial charge < -0.3 is 30.6 Å². The van der Waals surface area contributed by atoms with Crippen LogP contribution in [0.5, 0.6) is 0 Å². The quantitative estimate of drug-likeness (QED) is 0.285. The van der Waals surface area contributed by atoms with Gasteiger partial charge in [-0.25, -0.2) is 4.79 Å². The van der Waals surface area contributed by atoms with Gasteiger partial charge in [-0.2, -0.15) is 0 Å². The van der Waals surface area contributed by atoms with Crippen LogP contribution in [-0.4, -0.2) is 103 Å². The highest BCUT2D eigenvalue weighted by atomic mass is 16.3. The number of urea groups is 1. The number of nitrogens with zero attached hydrogens (tertiary/aromatic N) is 3. The van der Waals surface area contributed by atoms with Gasteiger partial charge in [-0.05, 0) is 30.8 Å². The Morgan fingerprint density at radius 2 is 1.33 bits per heavy atom. The molecule has 0 aromatic carbocycles. The van der Waals surface area contributed by atoms with E-state index in [1.807, 2.05) is 0 Å². The van der Waals surface area contributed by atoms with E-state index in [1.54, 1.807) is 26.0 Å². The maximum Gasteiger partial charge on any atom is 0.314 e. The van der Waals surface area contributed by atoms with Crippen molar-refractivity contribution in [1.29, 1.82) is 0 Å². The number of rotatable bonds is 12. The van der Waals surface area contributed by atoms with Crippen molar-refractivity contribution in [1.82, 2.24) is 14.7 Å². The first-order chi connectivity index (χ1) is 15.3. The Bertz CT molecular complexity index is 567. The van der Waals surface area contributed by atoms with Crippen molar-refractivity contribution in [2.24, 2.45) is 17.6 Å². The molecule has 194 valence electrons. The number of hydrogen-bond acceptors (Lipinski definition) is 6. The van der Waals surface area contributed by atoms with Crippen LogP contribution < -0.4 is 5.73 Å². The van der Waals surface area contributed by atoms with E-state index in [9.17, 15) is 19.2 Å². The first kappa shape index (κ1) is 35.1. The molecule has 0 rings (SSSR count). The second-order valence-electron chi connectivity index (χ2n) is 8.39. The molecule has 0 fully saturated rings. The van der Waals surface area contributed by atoms with E-state index in [-0.39, 0.29) is 25.0 Å². The molecule has 0 heterocycles. The van der Waals surface area contributed by atoms with Crippen LogP contribution >= 0.6 is 0 Å². The summed E-state index contributed by atoms with van der Waals surface area (Å²) in [6.45, 7) is 9.90. The van der Waals surface area contributed by atoms with Gasteiger partial charge in [0.15, 0.2) is 0 Å². The third-order valence-electron chi connectivity index (χ3n) is 4.34. The highest BCUT2D eigenvalue weighted by molar-refractivity contribution is 5.90. The molecule has 0 aliphatic heterocycles. The predicted octanol–water partition coefficient (Wildman–Crippen LogP) is 1.11. The zero-order valence-corrected chi connectivity index (χ0v) is 21.5. The lowest BCUT2D eigenvalue weighted by Crippen LogP contribution is -2.39. The smallest absolute Gasteiger partial charge is 0.314 e. The second-order valence-corrected chi connectivity index (χ2v) is 8.39. The van der Waals surface area contributed by atoms with Crippen LogP contribution in [0.1, 0.15) is 47.0 Å². The fraction of sp³-hybridized carbons (Fsp3) is 0.739. The first-order valence-electron chi connectivity index (χ1n) is 11.2. The Balaban J connectivity index is -0.000000457.